The number of piperidine rings is 1. The Morgan fingerprint density at radius 3 is 2.78 bits per heavy atom. The zero-order valence-corrected chi connectivity index (χ0v) is 15.9. The number of ether oxygens (including phenoxy) is 1. The summed E-state index contributed by atoms with van der Waals surface area (Å²) in [6.07, 6.45) is 5.76. The maximum atomic E-state index is 12.9. The first-order valence-electron chi connectivity index (χ1n) is 9.25. The van der Waals surface area contributed by atoms with Crippen LogP contribution in [-0.2, 0) is 16.1 Å². The molecule has 1 fully saturated rings. The topological polar surface area (TPSA) is 76.5 Å². The molecule has 1 N–H and O–H groups in total. The number of nitrogens with one attached hydrogen (secondary N) is 1. The van der Waals surface area contributed by atoms with E-state index < -0.39 is 0 Å². The molecule has 1 aliphatic heterocycles. The monoisotopic (exact) mass is 370 g/mol. The Morgan fingerprint density at radius 1 is 1.30 bits per heavy atom. The van der Waals surface area contributed by atoms with Crippen LogP contribution in [0.2, 0.25) is 0 Å². The van der Waals surface area contributed by atoms with Crippen molar-refractivity contribution in [2.45, 2.75) is 32.2 Å². The van der Waals surface area contributed by atoms with E-state index in [0.717, 1.165) is 31.8 Å². The van der Waals surface area contributed by atoms with E-state index in [-0.39, 0.29) is 17.7 Å². The van der Waals surface area contributed by atoms with Crippen molar-refractivity contribution in [1.82, 2.24) is 14.5 Å². The van der Waals surface area contributed by atoms with Crippen molar-refractivity contribution >= 4 is 17.5 Å². The van der Waals surface area contributed by atoms with Crippen LogP contribution in [0.4, 0.5) is 5.69 Å². The zero-order chi connectivity index (χ0) is 19.2. The zero-order valence-electron chi connectivity index (χ0n) is 15.9. The summed E-state index contributed by atoms with van der Waals surface area (Å²) in [5.41, 5.74) is 1.32. The van der Waals surface area contributed by atoms with Gasteiger partial charge in [-0.1, -0.05) is 0 Å². The summed E-state index contributed by atoms with van der Waals surface area (Å²) in [6, 6.07) is 7.04. The molecule has 0 bridgehead atoms. The van der Waals surface area contributed by atoms with E-state index in [1.807, 2.05) is 17.3 Å². The van der Waals surface area contributed by atoms with E-state index in [0.29, 0.717) is 24.4 Å². The molecule has 1 unspecified atom stereocenters. The number of hydrogen-bond donors (Lipinski definition) is 1. The quantitative estimate of drug-likeness (QED) is 0.848. The van der Waals surface area contributed by atoms with Gasteiger partial charge in [0.05, 0.1) is 6.61 Å². The van der Waals surface area contributed by atoms with Crippen molar-refractivity contribution in [3.05, 3.63) is 48.0 Å². The molecule has 7 heteroatoms. The normalized spacial score (nSPS) is 17.0. The predicted octanol–water partition coefficient (Wildman–Crippen LogP) is 2.51. The number of carbonyl (C=O) groups excluding carboxylic acids is 2. The van der Waals surface area contributed by atoms with Crippen molar-refractivity contribution in [3.63, 3.8) is 0 Å². The van der Waals surface area contributed by atoms with Crippen LogP contribution >= 0.6 is 0 Å². The SMILES string of the molecule is COCCn1ccnc1C1CCCN(C(=O)c2ccc(NC(C)=O)cc2)C1. The van der Waals surface area contributed by atoms with Gasteiger partial charge in [0.1, 0.15) is 5.82 Å². The van der Waals surface area contributed by atoms with Gasteiger partial charge in [0.15, 0.2) is 0 Å². The van der Waals surface area contributed by atoms with E-state index in [9.17, 15) is 9.59 Å². The molecule has 2 aromatic rings. The second kappa shape index (κ2) is 8.81. The van der Waals surface area contributed by atoms with E-state index in [1.165, 1.54) is 6.92 Å². The van der Waals surface area contributed by atoms with Gasteiger partial charge in [-0.25, -0.2) is 4.98 Å². The number of hydrogen-bond acceptors (Lipinski definition) is 4. The third-order valence-corrected chi connectivity index (χ3v) is 4.81. The van der Waals surface area contributed by atoms with Gasteiger partial charge in [-0.3, -0.25) is 9.59 Å². The van der Waals surface area contributed by atoms with Crippen LogP contribution < -0.4 is 5.32 Å². The number of nitrogens with zero attached hydrogens (tertiary/aromatic N) is 3. The minimum atomic E-state index is -0.128. The van der Waals surface area contributed by atoms with E-state index in [1.54, 1.807) is 31.4 Å². The number of benzene rings is 1. The van der Waals surface area contributed by atoms with E-state index in [2.05, 4.69) is 14.9 Å². The second-order valence-corrected chi connectivity index (χ2v) is 6.82. The summed E-state index contributed by atoms with van der Waals surface area (Å²) < 4.78 is 7.28. The molecule has 0 aliphatic carbocycles. The van der Waals surface area contributed by atoms with Gasteiger partial charge in [0.25, 0.3) is 5.91 Å². The highest BCUT2D eigenvalue weighted by Crippen LogP contribution is 2.27. The molecule has 7 nitrogen and oxygen atoms in total. The fourth-order valence-electron chi connectivity index (χ4n) is 3.51. The van der Waals surface area contributed by atoms with Crippen LogP contribution in [0.1, 0.15) is 41.9 Å². The summed E-state index contributed by atoms with van der Waals surface area (Å²) in [6.45, 7) is 4.28. The summed E-state index contributed by atoms with van der Waals surface area (Å²) in [7, 11) is 1.69. The molecule has 0 spiro atoms. The second-order valence-electron chi connectivity index (χ2n) is 6.82. The average Bonchev–Trinajstić information content (AvgIpc) is 3.14. The summed E-state index contributed by atoms with van der Waals surface area (Å²) in [4.78, 5) is 30.4. The fraction of sp³-hybridized carbons (Fsp3) is 0.450. The van der Waals surface area contributed by atoms with Gasteiger partial charge in [0, 0.05) is 63.2 Å². The maximum absolute atomic E-state index is 12.9. The Hall–Kier alpha value is -2.67. The number of imidazole rings is 1. The molecule has 144 valence electrons. The van der Waals surface area contributed by atoms with E-state index in [4.69, 9.17) is 4.74 Å². The Bertz CT molecular complexity index is 785. The van der Waals surface area contributed by atoms with Crippen LogP contribution in [0.5, 0.6) is 0 Å². The molecule has 3 rings (SSSR count). The molecular weight excluding hydrogens is 344 g/mol. The number of methoxy groups -OCH3 is 1. The lowest BCUT2D eigenvalue weighted by atomic mass is 9.96. The highest BCUT2D eigenvalue weighted by Gasteiger charge is 2.28. The lowest BCUT2D eigenvalue weighted by molar-refractivity contribution is -0.114. The Morgan fingerprint density at radius 2 is 2.07 bits per heavy atom. The van der Waals surface area contributed by atoms with Gasteiger partial charge in [-0.05, 0) is 37.1 Å². The minimum Gasteiger partial charge on any atom is -0.383 e. The van der Waals surface area contributed by atoms with Crippen molar-refractivity contribution in [1.29, 1.82) is 0 Å². The first-order valence-corrected chi connectivity index (χ1v) is 9.25. The highest BCUT2D eigenvalue weighted by atomic mass is 16.5. The number of aromatic nitrogens is 2. The standard InChI is InChI=1S/C20H26N4O3/c1-15(25)22-18-7-5-16(6-8-18)20(26)24-10-3-4-17(14-24)19-21-9-11-23(19)12-13-27-2/h5-9,11,17H,3-4,10,12-14H2,1-2H3,(H,22,25). The Balaban J connectivity index is 1.68. The van der Waals surface area contributed by atoms with Gasteiger partial charge >= 0.3 is 0 Å². The Kier molecular flexibility index (Phi) is 6.24. The van der Waals surface area contributed by atoms with Crippen LogP contribution in [0.3, 0.4) is 0 Å². The minimum absolute atomic E-state index is 0.0177. The summed E-state index contributed by atoms with van der Waals surface area (Å²) in [5.74, 6) is 1.14. The smallest absolute Gasteiger partial charge is 0.253 e. The van der Waals surface area contributed by atoms with Gasteiger partial charge in [-0.15, -0.1) is 0 Å². The van der Waals surface area contributed by atoms with Crippen LogP contribution in [0.25, 0.3) is 0 Å². The molecule has 0 radical (unpaired) electrons. The van der Waals surface area contributed by atoms with E-state index >= 15 is 0 Å². The molecule has 0 saturated carbocycles. The molecule has 1 aromatic carbocycles. The van der Waals surface area contributed by atoms with Gasteiger partial charge in [-0.2, -0.15) is 0 Å². The molecular formula is C20H26N4O3. The van der Waals surface area contributed by atoms with Crippen molar-refractivity contribution in [2.24, 2.45) is 0 Å². The largest absolute Gasteiger partial charge is 0.383 e. The van der Waals surface area contributed by atoms with Crippen molar-refractivity contribution in [3.8, 4) is 0 Å². The summed E-state index contributed by atoms with van der Waals surface area (Å²) in [5, 5.41) is 2.71. The van der Waals surface area contributed by atoms with Gasteiger partial charge in [0.2, 0.25) is 5.91 Å². The lowest BCUT2D eigenvalue weighted by Crippen LogP contribution is -2.39. The number of amides is 2. The van der Waals surface area contributed by atoms with Crippen LogP contribution in [-0.4, -0.2) is 53.1 Å². The molecule has 1 atom stereocenters. The third-order valence-electron chi connectivity index (χ3n) is 4.81. The lowest BCUT2D eigenvalue weighted by Gasteiger charge is -2.32. The molecule has 27 heavy (non-hydrogen) atoms. The van der Waals surface area contributed by atoms with Crippen LogP contribution in [0, 0.1) is 0 Å². The number of likely N-dealkylation sites (tertiary alicyclic amines) is 1. The average molecular weight is 370 g/mol. The number of rotatable bonds is 6. The molecule has 2 heterocycles. The number of carbonyl (C=O) groups is 2. The third kappa shape index (κ3) is 4.74. The molecule has 1 aromatic heterocycles. The molecule has 1 saturated heterocycles. The first-order chi connectivity index (χ1) is 13.1. The highest BCUT2D eigenvalue weighted by molar-refractivity contribution is 5.95. The maximum Gasteiger partial charge on any atom is 0.253 e. The van der Waals surface area contributed by atoms with Gasteiger partial charge < -0.3 is 19.5 Å². The fourth-order valence-corrected chi connectivity index (χ4v) is 3.51. The Labute approximate surface area is 159 Å². The van der Waals surface area contributed by atoms with Crippen molar-refractivity contribution < 1.29 is 14.3 Å². The number of anilines is 1. The molecule has 1 aliphatic rings. The molecule has 2 amide bonds. The first kappa shape index (κ1) is 19.1. The van der Waals surface area contributed by atoms with Crippen LogP contribution in [0.15, 0.2) is 36.7 Å². The summed E-state index contributed by atoms with van der Waals surface area (Å²) >= 11 is 0. The van der Waals surface area contributed by atoms with Crippen molar-refractivity contribution in [2.75, 3.05) is 32.1 Å². The predicted molar refractivity (Wildman–Crippen MR) is 103 cm³/mol.